The maximum absolute atomic E-state index is 11.0. The van der Waals surface area contributed by atoms with Gasteiger partial charge in [0.15, 0.2) is 18.1 Å². The number of methoxy groups -OCH3 is 1. The number of aryl methyl sites for hydroxylation is 1. The molecule has 0 saturated heterocycles. The Bertz CT molecular complexity index is 654. The summed E-state index contributed by atoms with van der Waals surface area (Å²) in [5.41, 5.74) is 8.51. The highest BCUT2D eigenvalue weighted by atomic mass is 16.5. The number of primary amides is 1. The lowest BCUT2D eigenvalue weighted by Crippen LogP contribution is -2.21. The number of nitrogens with two attached hydrogens (primary N) is 1. The van der Waals surface area contributed by atoms with Gasteiger partial charge < -0.3 is 20.5 Å². The van der Waals surface area contributed by atoms with Crippen molar-refractivity contribution in [1.29, 1.82) is 0 Å². The summed E-state index contributed by atoms with van der Waals surface area (Å²) in [5.74, 6) is 0.612. The molecule has 122 valence electrons. The van der Waals surface area contributed by atoms with Crippen LogP contribution in [-0.4, -0.2) is 19.6 Å². The molecule has 0 heterocycles. The molecule has 0 unspecified atom stereocenters. The summed E-state index contributed by atoms with van der Waals surface area (Å²) >= 11 is 0. The van der Waals surface area contributed by atoms with Gasteiger partial charge in [-0.2, -0.15) is 0 Å². The maximum Gasteiger partial charge on any atom is 0.255 e. The Morgan fingerprint density at radius 1 is 1.13 bits per heavy atom. The van der Waals surface area contributed by atoms with Gasteiger partial charge >= 0.3 is 0 Å². The van der Waals surface area contributed by atoms with Gasteiger partial charge in [0.25, 0.3) is 5.91 Å². The van der Waals surface area contributed by atoms with E-state index in [-0.39, 0.29) is 6.61 Å². The Morgan fingerprint density at radius 3 is 2.52 bits per heavy atom. The van der Waals surface area contributed by atoms with Crippen LogP contribution in [-0.2, 0) is 17.9 Å². The largest absolute Gasteiger partial charge is 0.493 e. The normalized spacial score (nSPS) is 10.3. The van der Waals surface area contributed by atoms with E-state index in [1.807, 2.05) is 12.1 Å². The van der Waals surface area contributed by atoms with Crippen molar-refractivity contribution in [1.82, 2.24) is 5.32 Å². The third kappa shape index (κ3) is 5.00. The van der Waals surface area contributed by atoms with Gasteiger partial charge in [0.05, 0.1) is 7.11 Å². The van der Waals surface area contributed by atoms with Gasteiger partial charge in [0, 0.05) is 18.7 Å². The second-order valence-corrected chi connectivity index (χ2v) is 5.29. The number of amides is 1. The van der Waals surface area contributed by atoms with Crippen molar-refractivity contribution in [2.24, 2.45) is 5.73 Å². The smallest absolute Gasteiger partial charge is 0.255 e. The predicted octanol–water partition coefficient (Wildman–Crippen LogP) is 2.16. The molecule has 0 atom stereocenters. The van der Waals surface area contributed by atoms with Crippen LogP contribution >= 0.6 is 0 Å². The molecule has 0 aliphatic heterocycles. The second kappa shape index (κ2) is 8.19. The molecule has 0 spiro atoms. The zero-order valence-corrected chi connectivity index (χ0v) is 13.5. The van der Waals surface area contributed by atoms with E-state index in [9.17, 15) is 4.79 Å². The molecule has 5 heteroatoms. The van der Waals surface area contributed by atoms with E-state index < -0.39 is 5.91 Å². The van der Waals surface area contributed by atoms with E-state index in [1.54, 1.807) is 13.2 Å². The molecule has 0 bridgehead atoms. The van der Waals surface area contributed by atoms with Crippen LogP contribution in [0.15, 0.2) is 42.5 Å². The quantitative estimate of drug-likeness (QED) is 0.783. The number of hydrogen-bond donors (Lipinski definition) is 2. The van der Waals surface area contributed by atoms with E-state index in [1.165, 1.54) is 11.1 Å². The summed E-state index contributed by atoms with van der Waals surface area (Å²) in [6.07, 6.45) is 0. The molecular weight excluding hydrogens is 292 g/mol. The molecule has 2 rings (SSSR count). The number of benzene rings is 2. The summed E-state index contributed by atoms with van der Waals surface area (Å²) in [5, 5.41) is 3.37. The summed E-state index contributed by atoms with van der Waals surface area (Å²) < 4.78 is 10.8. The van der Waals surface area contributed by atoms with Crippen LogP contribution in [0.25, 0.3) is 0 Å². The number of hydrogen-bond acceptors (Lipinski definition) is 4. The van der Waals surface area contributed by atoms with Gasteiger partial charge in [-0.05, 0) is 18.6 Å². The highest BCUT2D eigenvalue weighted by Gasteiger charge is 2.11. The average molecular weight is 314 g/mol. The lowest BCUT2D eigenvalue weighted by Gasteiger charge is -2.15. The Kier molecular flexibility index (Phi) is 6.00. The number of para-hydroxylation sites is 1. The first-order chi connectivity index (χ1) is 11.1. The molecule has 23 heavy (non-hydrogen) atoms. The van der Waals surface area contributed by atoms with Gasteiger partial charge in [0.2, 0.25) is 0 Å². The van der Waals surface area contributed by atoms with Gasteiger partial charge in [0.1, 0.15) is 0 Å². The molecular formula is C18H22N2O3. The van der Waals surface area contributed by atoms with Crippen molar-refractivity contribution in [2.75, 3.05) is 13.7 Å². The van der Waals surface area contributed by atoms with Crippen LogP contribution in [0, 0.1) is 6.92 Å². The number of nitrogens with one attached hydrogen (secondary N) is 1. The highest BCUT2D eigenvalue weighted by Crippen LogP contribution is 2.31. The van der Waals surface area contributed by atoms with Gasteiger partial charge in [-0.3, -0.25) is 4.79 Å². The number of carbonyl (C=O) groups is 1. The van der Waals surface area contributed by atoms with E-state index >= 15 is 0 Å². The molecule has 1 amide bonds. The maximum atomic E-state index is 11.0. The Hall–Kier alpha value is -2.53. The lowest BCUT2D eigenvalue weighted by molar-refractivity contribution is -0.119. The molecule has 5 nitrogen and oxygen atoms in total. The second-order valence-electron chi connectivity index (χ2n) is 5.29. The SMILES string of the molecule is COc1cccc(CNCc2ccc(C)cc2)c1OCC(N)=O. The minimum atomic E-state index is -0.519. The molecule has 0 aliphatic carbocycles. The first-order valence-electron chi connectivity index (χ1n) is 7.43. The van der Waals surface area contributed by atoms with Crippen molar-refractivity contribution in [3.05, 3.63) is 59.2 Å². The van der Waals surface area contributed by atoms with E-state index in [0.717, 1.165) is 12.1 Å². The van der Waals surface area contributed by atoms with Crippen molar-refractivity contribution < 1.29 is 14.3 Å². The van der Waals surface area contributed by atoms with E-state index in [2.05, 4.69) is 36.5 Å². The number of ether oxygens (including phenoxy) is 2. The van der Waals surface area contributed by atoms with Crippen LogP contribution in [0.3, 0.4) is 0 Å². The zero-order chi connectivity index (χ0) is 16.7. The third-order valence-electron chi connectivity index (χ3n) is 3.40. The van der Waals surface area contributed by atoms with E-state index in [4.69, 9.17) is 15.2 Å². The van der Waals surface area contributed by atoms with Crippen LogP contribution in [0.1, 0.15) is 16.7 Å². The molecule has 0 saturated carbocycles. The van der Waals surface area contributed by atoms with Crippen LogP contribution < -0.4 is 20.5 Å². The Balaban J connectivity index is 2.03. The minimum Gasteiger partial charge on any atom is -0.493 e. The monoisotopic (exact) mass is 314 g/mol. The predicted molar refractivity (Wildman–Crippen MR) is 89.4 cm³/mol. The zero-order valence-electron chi connectivity index (χ0n) is 13.5. The molecule has 0 aromatic heterocycles. The van der Waals surface area contributed by atoms with Crippen molar-refractivity contribution >= 4 is 5.91 Å². The first kappa shape index (κ1) is 16.8. The minimum absolute atomic E-state index is 0.175. The van der Waals surface area contributed by atoms with Crippen LogP contribution in [0.5, 0.6) is 11.5 Å². The summed E-state index contributed by atoms with van der Waals surface area (Å²) in [6, 6.07) is 14.0. The summed E-state index contributed by atoms with van der Waals surface area (Å²) in [4.78, 5) is 11.0. The van der Waals surface area contributed by atoms with Crippen molar-refractivity contribution in [2.45, 2.75) is 20.0 Å². The van der Waals surface area contributed by atoms with Gasteiger partial charge in [-0.1, -0.05) is 42.0 Å². The standard InChI is InChI=1S/C18H22N2O3/c1-13-6-8-14(9-7-13)10-20-11-15-4-3-5-16(22-2)18(15)23-12-17(19)21/h3-9,20H,10-12H2,1-2H3,(H2,19,21). The molecule has 2 aromatic rings. The number of rotatable bonds is 8. The van der Waals surface area contributed by atoms with Gasteiger partial charge in [-0.15, -0.1) is 0 Å². The third-order valence-corrected chi connectivity index (χ3v) is 3.40. The molecule has 0 fully saturated rings. The van der Waals surface area contributed by atoms with Crippen LogP contribution in [0.2, 0.25) is 0 Å². The summed E-state index contributed by atoms with van der Waals surface area (Å²) in [7, 11) is 1.57. The van der Waals surface area contributed by atoms with Gasteiger partial charge in [-0.25, -0.2) is 0 Å². The van der Waals surface area contributed by atoms with Crippen molar-refractivity contribution in [3.8, 4) is 11.5 Å². The number of carbonyl (C=O) groups excluding carboxylic acids is 1. The molecule has 2 aromatic carbocycles. The Morgan fingerprint density at radius 2 is 1.87 bits per heavy atom. The first-order valence-corrected chi connectivity index (χ1v) is 7.43. The highest BCUT2D eigenvalue weighted by molar-refractivity contribution is 5.75. The Labute approximate surface area is 136 Å². The average Bonchev–Trinajstić information content (AvgIpc) is 2.55. The molecule has 0 radical (unpaired) electrons. The fraction of sp³-hybridized carbons (Fsp3) is 0.278. The molecule has 3 N–H and O–H groups in total. The van der Waals surface area contributed by atoms with Crippen molar-refractivity contribution in [3.63, 3.8) is 0 Å². The fourth-order valence-electron chi connectivity index (χ4n) is 2.22. The molecule has 0 aliphatic rings. The topological polar surface area (TPSA) is 73.6 Å². The van der Waals surface area contributed by atoms with E-state index in [0.29, 0.717) is 18.0 Å². The summed E-state index contributed by atoms with van der Waals surface area (Å²) in [6.45, 7) is 3.23. The fourth-order valence-corrected chi connectivity index (χ4v) is 2.22. The van der Waals surface area contributed by atoms with Crippen LogP contribution in [0.4, 0.5) is 0 Å². The lowest BCUT2D eigenvalue weighted by atomic mass is 10.1.